The molecule has 2 heteroatoms. The molecule has 0 bridgehead atoms. The molecular weight excluding hydrogens is 369 g/mol. The normalized spacial score (nSPS) is 17.8. The van der Waals surface area contributed by atoms with Gasteiger partial charge < -0.3 is 0 Å². The van der Waals surface area contributed by atoms with Crippen molar-refractivity contribution in [2.24, 2.45) is 0 Å². The first kappa shape index (κ1) is 17.6. The Balaban J connectivity index is 1.65. The Bertz CT molecular complexity index is 1120. The van der Waals surface area contributed by atoms with Crippen LogP contribution in [0.2, 0.25) is 0 Å². The molecule has 0 saturated carbocycles. The van der Waals surface area contributed by atoms with Gasteiger partial charge in [-0.05, 0) is 64.7 Å². The fourth-order valence-corrected chi connectivity index (χ4v) is 7.97. The van der Waals surface area contributed by atoms with Crippen LogP contribution in [0.4, 0.5) is 0 Å². The van der Waals surface area contributed by atoms with E-state index in [1.165, 1.54) is 77.3 Å². The average Bonchev–Trinajstić information content (AvgIpc) is 2.97. The summed E-state index contributed by atoms with van der Waals surface area (Å²) < 4.78 is 2.84. The molecule has 0 radical (unpaired) electrons. The maximum absolute atomic E-state index is 2.84. The lowest BCUT2D eigenvalue weighted by molar-refractivity contribution is 0.368. The Labute approximate surface area is 174 Å². The molecule has 1 saturated heterocycles. The van der Waals surface area contributed by atoms with Crippen molar-refractivity contribution in [1.82, 2.24) is 4.67 Å². The van der Waals surface area contributed by atoms with E-state index < -0.39 is 0 Å². The highest BCUT2D eigenvalue weighted by Gasteiger charge is 2.28. The molecule has 4 aromatic carbocycles. The lowest BCUT2D eigenvalue weighted by Gasteiger charge is -2.34. The molecule has 29 heavy (non-hydrogen) atoms. The first-order valence-corrected chi connectivity index (χ1v) is 12.6. The quantitative estimate of drug-likeness (QED) is 0.301. The molecule has 1 nitrogen and oxygen atoms in total. The lowest BCUT2D eigenvalue weighted by atomic mass is 9.88. The van der Waals surface area contributed by atoms with Gasteiger partial charge in [0.15, 0.2) is 0 Å². The minimum absolute atomic E-state index is 0.167. The smallest absolute Gasteiger partial charge is 0.00693 e. The lowest BCUT2D eigenvalue weighted by Crippen LogP contribution is -2.25. The third kappa shape index (κ3) is 3.00. The van der Waals surface area contributed by atoms with Crippen molar-refractivity contribution in [2.45, 2.75) is 31.6 Å². The summed E-state index contributed by atoms with van der Waals surface area (Å²) in [5, 5.41) is 5.54. The van der Waals surface area contributed by atoms with E-state index in [9.17, 15) is 0 Å². The van der Waals surface area contributed by atoms with Crippen molar-refractivity contribution in [2.75, 3.05) is 13.1 Å². The maximum atomic E-state index is 2.84. The van der Waals surface area contributed by atoms with Crippen LogP contribution in [0.3, 0.4) is 0 Å². The second-order valence-electron chi connectivity index (χ2n) is 8.48. The minimum Gasteiger partial charge on any atom is -0.281 e. The first-order valence-electron chi connectivity index (χ1n) is 10.9. The highest BCUT2D eigenvalue weighted by molar-refractivity contribution is 7.53. The summed E-state index contributed by atoms with van der Waals surface area (Å²) in [5.41, 5.74) is 6.10. The van der Waals surface area contributed by atoms with Gasteiger partial charge in [-0.1, -0.05) is 79.2 Å². The first-order chi connectivity index (χ1) is 14.4. The van der Waals surface area contributed by atoms with E-state index in [1.54, 1.807) is 11.1 Å². The molecule has 144 valence electrons. The number of nitrogens with zero attached hydrogens (tertiary/aromatic N) is 1. The molecule has 0 amide bonds. The van der Waals surface area contributed by atoms with Gasteiger partial charge in [0.05, 0.1) is 0 Å². The minimum atomic E-state index is -0.167. The van der Waals surface area contributed by atoms with Gasteiger partial charge in [-0.15, -0.1) is 0 Å². The van der Waals surface area contributed by atoms with Gasteiger partial charge in [0.1, 0.15) is 0 Å². The van der Waals surface area contributed by atoms with Gasteiger partial charge >= 0.3 is 0 Å². The van der Waals surface area contributed by atoms with Crippen LogP contribution < -0.4 is 0 Å². The Hall–Kier alpha value is -2.21. The molecule has 2 aliphatic heterocycles. The summed E-state index contributed by atoms with van der Waals surface area (Å²) in [4.78, 5) is 0. The van der Waals surface area contributed by atoms with Crippen molar-refractivity contribution in [3.63, 3.8) is 0 Å². The predicted molar refractivity (Wildman–Crippen MR) is 127 cm³/mol. The Morgan fingerprint density at radius 2 is 1.07 bits per heavy atom. The zero-order valence-electron chi connectivity index (χ0n) is 16.8. The number of benzene rings is 4. The molecule has 0 spiro atoms. The summed E-state index contributed by atoms with van der Waals surface area (Å²) >= 11 is 0. The van der Waals surface area contributed by atoms with Crippen molar-refractivity contribution in [3.8, 4) is 11.1 Å². The molecule has 0 aromatic heterocycles. The van der Waals surface area contributed by atoms with E-state index in [2.05, 4.69) is 77.5 Å². The molecule has 0 aliphatic carbocycles. The monoisotopic (exact) mass is 395 g/mol. The summed E-state index contributed by atoms with van der Waals surface area (Å²) in [5.74, 6) is 0. The van der Waals surface area contributed by atoms with Crippen LogP contribution in [-0.2, 0) is 12.3 Å². The zero-order valence-corrected chi connectivity index (χ0v) is 17.7. The van der Waals surface area contributed by atoms with Crippen LogP contribution in [0.5, 0.6) is 0 Å². The van der Waals surface area contributed by atoms with Gasteiger partial charge in [-0.2, -0.15) is 0 Å². The van der Waals surface area contributed by atoms with Gasteiger partial charge in [0, 0.05) is 25.4 Å². The summed E-state index contributed by atoms with van der Waals surface area (Å²) in [6, 6.07) is 27.4. The number of piperidine rings is 1. The van der Waals surface area contributed by atoms with Crippen LogP contribution >= 0.6 is 8.07 Å². The third-order valence-corrected chi connectivity index (χ3v) is 9.33. The summed E-state index contributed by atoms with van der Waals surface area (Å²) in [6.45, 7) is 2.58. The molecule has 0 N–H and O–H groups in total. The molecule has 2 aliphatic rings. The number of rotatable bonds is 1. The van der Waals surface area contributed by atoms with Crippen LogP contribution in [0.1, 0.15) is 30.4 Å². The molecule has 0 atom stereocenters. The molecule has 2 heterocycles. The Morgan fingerprint density at radius 1 is 0.552 bits per heavy atom. The molecule has 4 aromatic rings. The highest BCUT2D eigenvalue weighted by atomic mass is 31.1. The third-order valence-electron chi connectivity index (χ3n) is 6.72. The van der Waals surface area contributed by atoms with E-state index >= 15 is 0 Å². The van der Waals surface area contributed by atoms with E-state index in [1.807, 2.05) is 0 Å². The highest BCUT2D eigenvalue weighted by Crippen LogP contribution is 2.55. The van der Waals surface area contributed by atoms with E-state index in [-0.39, 0.29) is 8.07 Å². The predicted octanol–water partition coefficient (Wildman–Crippen LogP) is 7.56. The summed E-state index contributed by atoms with van der Waals surface area (Å²) in [6.07, 6.45) is 6.58. The van der Waals surface area contributed by atoms with Crippen LogP contribution in [-0.4, -0.2) is 17.8 Å². The van der Waals surface area contributed by atoms with E-state index in [0.29, 0.717) is 0 Å². The van der Waals surface area contributed by atoms with Crippen LogP contribution in [0.25, 0.3) is 32.7 Å². The Morgan fingerprint density at radius 3 is 1.62 bits per heavy atom. The maximum Gasteiger partial charge on any atom is 0.00693 e. The van der Waals surface area contributed by atoms with Gasteiger partial charge in [-0.3, -0.25) is 4.67 Å². The Kier molecular flexibility index (Phi) is 4.40. The number of hydrogen-bond donors (Lipinski definition) is 0. The van der Waals surface area contributed by atoms with Gasteiger partial charge in [-0.25, -0.2) is 0 Å². The van der Waals surface area contributed by atoms with E-state index in [0.717, 1.165) is 0 Å². The topological polar surface area (TPSA) is 3.24 Å². The standard InChI is InChI=1S/C27H26NP/c1-6-16-28(17-7-1)29-18-22-14-12-20-8-2-4-10-24(20)26(22)27-23(19-29)15-13-21-9-3-5-11-25(21)27/h2-5,8-15H,1,6-7,16-19H2. The van der Waals surface area contributed by atoms with Crippen LogP contribution in [0, 0.1) is 0 Å². The molecule has 0 unspecified atom stereocenters. The largest absolute Gasteiger partial charge is 0.281 e. The van der Waals surface area contributed by atoms with Crippen molar-refractivity contribution >= 4 is 29.6 Å². The molecule has 1 fully saturated rings. The van der Waals surface area contributed by atoms with Crippen molar-refractivity contribution in [3.05, 3.63) is 83.9 Å². The number of fused-ring (bicyclic) bond motifs is 7. The average molecular weight is 395 g/mol. The molecule has 6 rings (SSSR count). The van der Waals surface area contributed by atoms with Gasteiger partial charge in [0.2, 0.25) is 0 Å². The van der Waals surface area contributed by atoms with Gasteiger partial charge in [0.25, 0.3) is 0 Å². The van der Waals surface area contributed by atoms with Crippen molar-refractivity contribution < 1.29 is 0 Å². The second kappa shape index (κ2) is 7.24. The second-order valence-corrected chi connectivity index (χ2v) is 10.7. The molecular formula is C27H26NP. The number of hydrogen-bond acceptors (Lipinski definition) is 1. The fraction of sp³-hybridized carbons (Fsp3) is 0.259. The zero-order chi connectivity index (χ0) is 19.2. The fourth-order valence-electron chi connectivity index (χ4n) is 5.30. The van der Waals surface area contributed by atoms with E-state index in [4.69, 9.17) is 0 Å². The van der Waals surface area contributed by atoms with Crippen LogP contribution in [0.15, 0.2) is 72.8 Å². The van der Waals surface area contributed by atoms with Crippen molar-refractivity contribution in [1.29, 1.82) is 0 Å². The SMILES string of the molecule is c1ccc2c3c(ccc2c1)CP(N1CCCCC1)Cc1ccc2ccccc2c1-3. The summed E-state index contributed by atoms with van der Waals surface area (Å²) in [7, 11) is -0.167.